The summed E-state index contributed by atoms with van der Waals surface area (Å²) in [5.74, 6) is -3.42. The first kappa shape index (κ1) is 26.4. The van der Waals surface area contributed by atoms with E-state index in [-0.39, 0.29) is 33.7 Å². The van der Waals surface area contributed by atoms with E-state index >= 15 is 0 Å². The van der Waals surface area contributed by atoms with Crippen molar-refractivity contribution in [2.45, 2.75) is 39.9 Å². The number of anilines is 1. The Balaban J connectivity index is 0.00000299. The maximum Gasteiger partial charge on any atom is 0.296 e. The summed E-state index contributed by atoms with van der Waals surface area (Å²) >= 11 is 0. The third kappa shape index (κ3) is 6.82. The minimum Gasteiger partial charge on any atom is -0.316 e. The van der Waals surface area contributed by atoms with Gasteiger partial charge in [0, 0.05) is 34.3 Å². The molecule has 0 bridgehead atoms. The fraction of sp³-hybridized carbons (Fsp3) is 0.304. The average Bonchev–Trinajstić information content (AvgIpc) is 3.31. The summed E-state index contributed by atoms with van der Waals surface area (Å²) in [7, 11) is 0. The van der Waals surface area contributed by atoms with E-state index in [2.05, 4.69) is 16.3 Å². The number of aromatic nitrogens is 1. The lowest BCUT2D eigenvalue weighted by Gasteiger charge is -2.18. The smallest absolute Gasteiger partial charge is 0.296 e. The Morgan fingerprint density at radius 3 is 2.44 bits per heavy atom. The zero-order valence-corrected chi connectivity index (χ0v) is 19.1. The molecule has 1 aliphatic rings. The molecule has 186 valence electrons. The summed E-state index contributed by atoms with van der Waals surface area (Å²) in [6.45, 7) is 5.15. The number of ketones is 2. The van der Waals surface area contributed by atoms with Crippen LogP contribution in [0.25, 0.3) is 0 Å². The fourth-order valence-corrected chi connectivity index (χ4v) is 2.93. The lowest BCUT2D eigenvalue weighted by molar-refractivity contribution is -0.114. The van der Waals surface area contributed by atoms with Crippen LogP contribution in [0.3, 0.4) is 0 Å². The summed E-state index contributed by atoms with van der Waals surface area (Å²) < 4.78 is 29.7. The van der Waals surface area contributed by atoms with E-state index < -0.39 is 34.9 Å². The van der Waals surface area contributed by atoms with Crippen molar-refractivity contribution in [3.8, 4) is 0 Å². The first-order valence-electron chi connectivity index (χ1n) is 10.7. The van der Waals surface area contributed by atoms with E-state index in [0.717, 1.165) is 10.6 Å². The summed E-state index contributed by atoms with van der Waals surface area (Å²) in [6.07, 6.45) is 1.16. The number of nitrogens with one attached hydrogen (secondary N) is 3. The zero-order valence-electron chi connectivity index (χ0n) is 19.1. The summed E-state index contributed by atoms with van der Waals surface area (Å²) in [4.78, 5) is 47.7. The maximum atomic E-state index is 14.4. The van der Waals surface area contributed by atoms with Crippen molar-refractivity contribution in [2.24, 2.45) is 0 Å². The normalized spacial score (nSPS) is 13.2. The number of allylic oxidation sites excluding steroid dienone is 1. The maximum absolute atomic E-state index is 14.4. The Morgan fingerprint density at radius 2 is 1.82 bits per heavy atom. The SMILES string of the molecule is CC.CC(=O)C1=CN(CC(F)CCn2ccc(NC(=O)C(=O)c3ccccc3)c(F)c2=O)NN1.[HH].[HH]. The van der Waals surface area contributed by atoms with Crippen LogP contribution in [-0.4, -0.2) is 39.8 Å². The van der Waals surface area contributed by atoms with Gasteiger partial charge in [0.1, 0.15) is 11.9 Å². The molecule has 3 rings (SSSR count). The molecule has 1 aromatic heterocycles. The molecule has 0 radical (unpaired) electrons. The van der Waals surface area contributed by atoms with Crippen molar-refractivity contribution in [3.05, 3.63) is 76.2 Å². The van der Waals surface area contributed by atoms with E-state index in [1.807, 2.05) is 13.8 Å². The fourth-order valence-electron chi connectivity index (χ4n) is 2.93. The van der Waals surface area contributed by atoms with Gasteiger partial charge in [0.2, 0.25) is 5.82 Å². The van der Waals surface area contributed by atoms with Crippen LogP contribution in [0, 0.1) is 5.82 Å². The summed E-state index contributed by atoms with van der Waals surface area (Å²) in [5.41, 5.74) is 4.14. The molecular formula is C23H31F2N5O4. The molecule has 2 aromatic rings. The van der Waals surface area contributed by atoms with Crippen LogP contribution in [-0.2, 0) is 16.1 Å². The van der Waals surface area contributed by atoms with Crippen LogP contribution >= 0.6 is 0 Å². The molecule has 0 fully saturated rings. The number of carbonyl (C=O) groups excluding carboxylic acids is 3. The topological polar surface area (TPSA) is 113 Å². The summed E-state index contributed by atoms with van der Waals surface area (Å²) in [6, 6.07) is 8.84. The van der Waals surface area contributed by atoms with Crippen LogP contribution in [0.4, 0.5) is 14.5 Å². The van der Waals surface area contributed by atoms with E-state index in [0.29, 0.717) is 5.70 Å². The van der Waals surface area contributed by atoms with Gasteiger partial charge in [0.05, 0.1) is 12.2 Å². The van der Waals surface area contributed by atoms with E-state index in [9.17, 15) is 28.0 Å². The highest BCUT2D eigenvalue weighted by Crippen LogP contribution is 2.12. The second-order valence-electron chi connectivity index (χ2n) is 7.07. The van der Waals surface area contributed by atoms with Gasteiger partial charge in [-0.15, -0.1) is 5.53 Å². The molecule has 0 spiro atoms. The number of amides is 1. The predicted molar refractivity (Wildman–Crippen MR) is 127 cm³/mol. The average molecular weight is 480 g/mol. The number of rotatable bonds is 9. The quantitative estimate of drug-likeness (QED) is 0.375. The number of hydrogen-bond acceptors (Lipinski definition) is 7. The van der Waals surface area contributed by atoms with Crippen LogP contribution in [0.2, 0.25) is 0 Å². The van der Waals surface area contributed by atoms with Gasteiger partial charge in [0.15, 0.2) is 5.78 Å². The number of halogens is 2. The van der Waals surface area contributed by atoms with Crippen molar-refractivity contribution >= 4 is 23.2 Å². The Bertz CT molecular complexity index is 1130. The zero-order chi connectivity index (χ0) is 25.3. The first-order chi connectivity index (χ1) is 16.3. The van der Waals surface area contributed by atoms with Crippen molar-refractivity contribution in [1.82, 2.24) is 20.5 Å². The molecule has 0 aliphatic carbocycles. The van der Waals surface area contributed by atoms with Gasteiger partial charge in [-0.05, 0) is 12.5 Å². The molecule has 1 aliphatic heterocycles. The highest BCUT2D eigenvalue weighted by molar-refractivity contribution is 6.46. The Morgan fingerprint density at radius 1 is 1.15 bits per heavy atom. The van der Waals surface area contributed by atoms with Crippen LogP contribution in [0.5, 0.6) is 0 Å². The van der Waals surface area contributed by atoms with Gasteiger partial charge in [-0.1, -0.05) is 44.2 Å². The number of hydrazine groups is 2. The number of aryl methyl sites for hydroxylation is 1. The molecule has 1 amide bonds. The molecule has 1 atom stereocenters. The highest BCUT2D eigenvalue weighted by atomic mass is 19.1. The van der Waals surface area contributed by atoms with Crippen LogP contribution < -0.4 is 21.8 Å². The lowest BCUT2D eigenvalue weighted by atomic mass is 10.1. The van der Waals surface area contributed by atoms with Gasteiger partial charge in [0.25, 0.3) is 17.2 Å². The molecule has 1 aromatic carbocycles. The van der Waals surface area contributed by atoms with Crippen molar-refractivity contribution in [3.63, 3.8) is 0 Å². The molecule has 3 N–H and O–H groups in total. The number of hydrogen-bond donors (Lipinski definition) is 3. The van der Waals surface area contributed by atoms with Crippen molar-refractivity contribution in [2.75, 3.05) is 11.9 Å². The first-order valence-corrected chi connectivity index (χ1v) is 10.7. The molecule has 0 saturated carbocycles. The lowest BCUT2D eigenvalue weighted by Crippen LogP contribution is -2.40. The number of carbonyl (C=O) groups is 3. The largest absolute Gasteiger partial charge is 0.316 e. The van der Waals surface area contributed by atoms with Gasteiger partial charge < -0.3 is 9.88 Å². The third-order valence-corrected chi connectivity index (χ3v) is 4.67. The number of nitrogens with zero attached hydrogens (tertiary/aromatic N) is 2. The van der Waals surface area contributed by atoms with Crippen molar-refractivity contribution < 1.29 is 26.0 Å². The number of Topliss-reactive ketones (excluding diaryl/α,β-unsaturated/α-hetero) is 2. The molecule has 9 nitrogen and oxygen atoms in total. The number of pyridine rings is 1. The standard InChI is InChI=1S/C21H21F2N5O4.C2H6.2H2/c1-13(29)17-12-28(26-25-17)11-15(22)7-9-27-10-8-16(18(23)21(27)32)24-20(31)19(30)14-5-3-2-4-6-14;1-2;;/h2-6,8,10,12,15,25-26H,7,9,11H2,1H3,(H,24,31);1-2H3;2*1H. The van der Waals surface area contributed by atoms with E-state index in [4.69, 9.17) is 0 Å². The minimum atomic E-state index is -1.38. The monoisotopic (exact) mass is 479 g/mol. The number of alkyl halides is 1. The predicted octanol–water partition coefficient (Wildman–Crippen LogP) is 2.81. The van der Waals surface area contributed by atoms with Gasteiger partial charge in [-0.25, -0.2) is 4.39 Å². The van der Waals surface area contributed by atoms with Crippen molar-refractivity contribution in [1.29, 1.82) is 0 Å². The highest BCUT2D eigenvalue weighted by Gasteiger charge is 2.21. The molecule has 0 saturated heterocycles. The van der Waals surface area contributed by atoms with Gasteiger partial charge in [-0.2, -0.15) is 4.39 Å². The van der Waals surface area contributed by atoms with Crippen LogP contribution in [0.1, 0.15) is 40.4 Å². The van der Waals surface area contributed by atoms with Gasteiger partial charge in [-0.3, -0.25) is 29.6 Å². The molecule has 1 unspecified atom stereocenters. The van der Waals surface area contributed by atoms with E-state index in [1.54, 1.807) is 18.2 Å². The number of benzene rings is 1. The molecule has 2 heterocycles. The molecule has 11 heteroatoms. The second-order valence-corrected chi connectivity index (χ2v) is 7.07. The Labute approximate surface area is 198 Å². The van der Waals surface area contributed by atoms with Gasteiger partial charge >= 0.3 is 0 Å². The molecular weight excluding hydrogens is 448 g/mol. The minimum absolute atomic E-state index is 0. The van der Waals surface area contributed by atoms with E-state index in [1.165, 1.54) is 36.5 Å². The van der Waals surface area contributed by atoms with Crippen LogP contribution in [0.15, 0.2) is 59.3 Å². The Kier molecular flexibility index (Phi) is 9.62. The molecule has 34 heavy (non-hydrogen) atoms. The third-order valence-electron chi connectivity index (χ3n) is 4.67. The Hall–Kier alpha value is -3.86. The second kappa shape index (κ2) is 12.4. The summed E-state index contributed by atoms with van der Waals surface area (Å²) in [5, 5.41) is 3.45.